The predicted molar refractivity (Wildman–Crippen MR) is 73.0 cm³/mol. The van der Waals surface area contributed by atoms with Crippen molar-refractivity contribution in [1.82, 2.24) is 4.90 Å². The summed E-state index contributed by atoms with van der Waals surface area (Å²) in [5, 5.41) is 10.1. The summed E-state index contributed by atoms with van der Waals surface area (Å²) in [7, 11) is 0. The van der Waals surface area contributed by atoms with E-state index in [4.69, 9.17) is 5.73 Å². The molecule has 0 radical (unpaired) electrons. The van der Waals surface area contributed by atoms with Crippen LogP contribution in [0, 0.1) is 5.41 Å². The van der Waals surface area contributed by atoms with Gasteiger partial charge in [-0.05, 0) is 57.5 Å². The van der Waals surface area contributed by atoms with Crippen LogP contribution in [-0.2, 0) is 0 Å². The van der Waals surface area contributed by atoms with E-state index in [-0.39, 0.29) is 5.41 Å². The molecule has 0 aromatic carbocycles. The number of nitrogens with two attached hydrogens (primary N) is 1. The minimum Gasteiger partial charge on any atom is -0.390 e. The van der Waals surface area contributed by atoms with E-state index >= 15 is 0 Å². The number of rotatable bonds is 5. The fourth-order valence-electron chi connectivity index (χ4n) is 2.78. The second kappa shape index (κ2) is 6.17. The largest absolute Gasteiger partial charge is 0.390 e. The minimum absolute atomic E-state index is 0.274. The molecular weight excluding hydrogens is 212 g/mol. The molecule has 0 aromatic heterocycles. The number of aliphatic hydroxyl groups is 1. The normalized spacial score (nSPS) is 28.1. The van der Waals surface area contributed by atoms with Crippen LogP contribution < -0.4 is 5.73 Å². The van der Waals surface area contributed by atoms with E-state index in [0.29, 0.717) is 0 Å². The molecule has 17 heavy (non-hydrogen) atoms. The maximum atomic E-state index is 10.1. The Kier molecular flexibility index (Phi) is 5.42. The van der Waals surface area contributed by atoms with Crippen LogP contribution >= 0.6 is 0 Å². The number of nitrogens with zero attached hydrogens (tertiary/aromatic N) is 1. The van der Waals surface area contributed by atoms with Crippen LogP contribution in [0.15, 0.2) is 0 Å². The maximum Gasteiger partial charge on any atom is 0.0632 e. The maximum absolute atomic E-state index is 10.1. The van der Waals surface area contributed by atoms with Crippen molar-refractivity contribution in [3.8, 4) is 0 Å². The molecule has 102 valence electrons. The van der Waals surface area contributed by atoms with Gasteiger partial charge in [-0.2, -0.15) is 0 Å². The van der Waals surface area contributed by atoms with Crippen LogP contribution in [0.5, 0.6) is 0 Å². The zero-order valence-corrected chi connectivity index (χ0v) is 11.8. The standard InChI is InChI=1S/C14H30N2O/c1-4-14(5-2,11-15)12-16-9-6-7-13(3,17)8-10-16/h17H,4-12,15H2,1-3H3. The molecule has 1 saturated heterocycles. The lowest BCUT2D eigenvalue weighted by molar-refractivity contribution is 0.0425. The Bertz CT molecular complexity index is 216. The fraction of sp³-hybridized carbons (Fsp3) is 1.00. The molecule has 3 nitrogen and oxygen atoms in total. The van der Waals surface area contributed by atoms with Crippen LogP contribution in [-0.4, -0.2) is 41.8 Å². The second-order valence-electron chi connectivity index (χ2n) is 6.04. The van der Waals surface area contributed by atoms with Crippen LogP contribution in [0.2, 0.25) is 0 Å². The highest BCUT2D eigenvalue weighted by Gasteiger charge is 2.30. The molecule has 0 amide bonds. The van der Waals surface area contributed by atoms with Crippen molar-refractivity contribution in [1.29, 1.82) is 0 Å². The molecule has 1 fully saturated rings. The van der Waals surface area contributed by atoms with Crippen molar-refractivity contribution in [2.75, 3.05) is 26.2 Å². The molecule has 1 aliphatic heterocycles. The topological polar surface area (TPSA) is 49.5 Å². The van der Waals surface area contributed by atoms with Crippen LogP contribution in [0.25, 0.3) is 0 Å². The average molecular weight is 242 g/mol. The van der Waals surface area contributed by atoms with Gasteiger partial charge in [0.15, 0.2) is 0 Å². The summed E-state index contributed by atoms with van der Waals surface area (Å²) in [5.41, 5.74) is 5.78. The first-order valence-corrected chi connectivity index (χ1v) is 7.12. The summed E-state index contributed by atoms with van der Waals surface area (Å²) in [6.07, 6.45) is 5.21. The van der Waals surface area contributed by atoms with E-state index in [2.05, 4.69) is 18.7 Å². The number of hydrogen-bond acceptors (Lipinski definition) is 3. The Labute approximate surface area is 106 Å². The van der Waals surface area contributed by atoms with Gasteiger partial charge in [-0.15, -0.1) is 0 Å². The Morgan fingerprint density at radius 3 is 2.41 bits per heavy atom. The smallest absolute Gasteiger partial charge is 0.0632 e. The first kappa shape index (κ1) is 14.9. The molecule has 3 N–H and O–H groups in total. The minimum atomic E-state index is -0.460. The summed E-state index contributed by atoms with van der Waals surface area (Å²) < 4.78 is 0. The van der Waals surface area contributed by atoms with Gasteiger partial charge >= 0.3 is 0 Å². The van der Waals surface area contributed by atoms with Gasteiger partial charge in [0.25, 0.3) is 0 Å². The molecule has 0 saturated carbocycles. The SMILES string of the molecule is CCC(CC)(CN)CN1CCCC(C)(O)CC1. The van der Waals surface area contributed by atoms with Crippen LogP contribution in [0.3, 0.4) is 0 Å². The second-order valence-corrected chi connectivity index (χ2v) is 6.04. The quantitative estimate of drug-likeness (QED) is 0.775. The van der Waals surface area contributed by atoms with Crippen molar-refractivity contribution < 1.29 is 5.11 Å². The molecule has 0 aliphatic carbocycles. The van der Waals surface area contributed by atoms with Crippen molar-refractivity contribution in [3.05, 3.63) is 0 Å². The lowest BCUT2D eigenvalue weighted by Gasteiger charge is -2.36. The molecular formula is C14H30N2O. The molecule has 3 heteroatoms. The number of likely N-dealkylation sites (tertiary alicyclic amines) is 1. The third-order valence-corrected chi connectivity index (χ3v) is 4.65. The summed E-state index contributed by atoms with van der Waals surface area (Å²) in [6, 6.07) is 0. The average Bonchev–Trinajstić information content (AvgIpc) is 2.48. The van der Waals surface area contributed by atoms with Gasteiger partial charge in [-0.25, -0.2) is 0 Å². The summed E-state index contributed by atoms with van der Waals surface area (Å²) in [4.78, 5) is 2.50. The zero-order valence-electron chi connectivity index (χ0n) is 11.8. The molecule has 1 unspecified atom stereocenters. The van der Waals surface area contributed by atoms with Crippen molar-refractivity contribution in [2.45, 2.75) is 58.5 Å². The molecule has 0 spiro atoms. The van der Waals surface area contributed by atoms with E-state index < -0.39 is 5.60 Å². The van der Waals surface area contributed by atoms with Gasteiger partial charge in [0.2, 0.25) is 0 Å². The predicted octanol–water partition coefficient (Wildman–Crippen LogP) is 1.99. The Morgan fingerprint density at radius 1 is 1.24 bits per heavy atom. The monoisotopic (exact) mass is 242 g/mol. The molecule has 1 atom stereocenters. The lowest BCUT2D eigenvalue weighted by atomic mass is 9.82. The first-order chi connectivity index (χ1) is 7.97. The Balaban J connectivity index is 2.56. The molecule has 0 aromatic rings. The van der Waals surface area contributed by atoms with Gasteiger partial charge in [-0.3, -0.25) is 0 Å². The summed E-state index contributed by atoms with van der Waals surface area (Å²) in [6.45, 7) is 10.4. The highest BCUT2D eigenvalue weighted by Crippen LogP contribution is 2.29. The Morgan fingerprint density at radius 2 is 1.88 bits per heavy atom. The van der Waals surface area contributed by atoms with E-state index in [1.165, 1.54) is 0 Å². The zero-order chi connectivity index (χ0) is 12.9. The van der Waals surface area contributed by atoms with Crippen molar-refractivity contribution >= 4 is 0 Å². The highest BCUT2D eigenvalue weighted by atomic mass is 16.3. The van der Waals surface area contributed by atoms with Gasteiger partial charge in [0.05, 0.1) is 5.60 Å². The van der Waals surface area contributed by atoms with Crippen LogP contribution in [0.4, 0.5) is 0 Å². The molecule has 1 rings (SSSR count). The van der Waals surface area contributed by atoms with Gasteiger partial charge in [0.1, 0.15) is 0 Å². The first-order valence-electron chi connectivity index (χ1n) is 7.12. The van der Waals surface area contributed by atoms with Gasteiger partial charge < -0.3 is 15.7 Å². The van der Waals surface area contributed by atoms with E-state index in [0.717, 1.165) is 58.3 Å². The van der Waals surface area contributed by atoms with Gasteiger partial charge in [0, 0.05) is 13.1 Å². The molecule has 1 aliphatic rings. The molecule has 1 heterocycles. The third kappa shape index (κ3) is 4.23. The highest BCUT2D eigenvalue weighted by molar-refractivity contribution is 4.85. The van der Waals surface area contributed by atoms with Gasteiger partial charge in [-0.1, -0.05) is 13.8 Å². The van der Waals surface area contributed by atoms with Crippen LogP contribution in [0.1, 0.15) is 52.9 Å². The Hall–Kier alpha value is -0.120. The fourth-order valence-corrected chi connectivity index (χ4v) is 2.78. The van der Waals surface area contributed by atoms with E-state index in [1.54, 1.807) is 0 Å². The third-order valence-electron chi connectivity index (χ3n) is 4.65. The van der Waals surface area contributed by atoms with Crippen molar-refractivity contribution in [2.24, 2.45) is 11.1 Å². The summed E-state index contributed by atoms with van der Waals surface area (Å²) in [5.74, 6) is 0. The lowest BCUT2D eigenvalue weighted by Crippen LogP contribution is -2.42. The van der Waals surface area contributed by atoms with Crippen molar-refractivity contribution in [3.63, 3.8) is 0 Å². The summed E-state index contributed by atoms with van der Waals surface area (Å²) >= 11 is 0. The number of hydrogen-bond donors (Lipinski definition) is 2. The van der Waals surface area contributed by atoms with E-state index in [9.17, 15) is 5.11 Å². The molecule has 0 bridgehead atoms. The van der Waals surface area contributed by atoms with E-state index in [1.807, 2.05) is 6.92 Å².